The number of nitrogens with zero attached hydrogens (tertiary/aromatic N) is 2. The number of non-ortho nitro benzene ring substituents is 1. The Balaban J connectivity index is 2.25. The predicted molar refractivity (Wildman–Crippen MR) is 71.8 cm³/mol. The van der Waals surface area contributed by atoms with Crippen molar-refractivity contribution in [2.75, 3.05) is 0 Å². The zero-order chi connectivity index (χ0) is 13.0. The van der Waals surface area contributed by atoms with Gasteiger partial charge in [0, 0.05) is 18.3 Å². The first kappa shape index (κ1) is 12.3. The van der Waals surface area contributed by atoms with Gasteiger partial charge in [-0.3, -0.25) is 15.1 Å². The predicted octanol–water partition coefficient (Wildman–Crippen LogP) is 4.00. The van der Waals surface area contributed by atoms with Crippen molar-refractivity contribution in [3.63, 3.8) is 0 Å². The first-order valence-corrected chi connectivity index (χ1v) is 5.57. The maximum absolute atomic E-state index is 10.6. The average molecular weight is 261 g/mol. The molecular formula is C13H9ClN2O2. The molecule has 0 radical (unpaired) electrons. The van der Waals surface area contributed by atoms with E-state index in [0.717, 1.165) is 5.56 Å². The van der Waals surface area contributed by atoms with Crippen LogP contribution in [0.2, 0.25) is 5.02 Å². The Kier molecular flexibility index (Phi) is 3.69. The molecule has 2 aromatic rings. The van der Waals surface area contributed by atoms with Crippen molar-refractivity contribution in [3.8, 4) is 0 Å². The second-order valence-corrected chi connectivity index (χ2v) is 3.97. The van der Waals surface area contributed by atoms with Crippen molar-refractivity contribution < 1.29 is 4.92 Å². The molecule has 0 bridgehead atoms. The Morgan fingerprint density at radius 1 is 1.17 bits per heavy atom. The molecule has 0 spiro atoms. The SMILES string of the molecule is O=[N+]([O-])c1ccc(N=Cc2ccccc2)c(Cl)c1. The molecule has 2 rings (SSSR count). The summed E-state index contributed by atoms with van der Waals surface area (Å²) in [6.45, 7) is 0. The van der Waals surface area contributed by atoms with Gasteiger partial charge in [-0.2, -0.15) is 0 Å². The van der Waals surface area contributed by atoms with Crippen LogP contribution in [-0.2, 0) is 0 Å². The fourth-order valence-electron chi connectivity index (χ4n) is 1.40. The van der Waals surface area contributed by atoms with E-state index in [-0.39, 0.29) is 10.7 Å². The summed E-state index contributed by atoms with van der Waals surface area (Å²) in [5, 5.41) is 10.8. The van der Waals surface area contributed by atoms with Crippen LogP contribution in [0.25, 0.3) is 0 Å². The molecule has 0 saturated heterocycles. The highest BCUT2D eigenvalue weighted by Gasteiger charge is 2.08. The summed E-state index contributed by atoms with van der Waals surface area (Å²) in [4.78, 5) is 14.3. The number of rotatable bonds is 3. The van der Waals surface area contributed by atoms with E-state index >= 15 is 0 Å². The minimum atomic E-state index is -0.490. The van der Waals surface area contributed by atoms with Gasteiger partial charge in [0.1, 0.15) is 0 Å². The highest BCUT2D eigenvalue weighted by Crippen LogP contribution is 2.28. The number of aliphatic imine (C=N–C) groups is 1. The maximum Gasteiger partial charge on any atom is 0.271 e. The molecule has 2 aromatic carbocycles. The summed E-state index contributed by atoms with van der Waals surface area (Å²) in [5.41, 5.74) is 1.40. The smallest absolute Gasteiger partial charge is 0.258 e. The van der Waals surface area contributed by atoms with Crippen LogP contribution in [0.3, 0.4) is 0 Å². The topological polar surface area (TPSA) is 55.5 Å². The van der Waals surface area contributed by atoms with Crippen LogP contribution in [0, 0.1) is 10.1 Å². The van der Waals surface area contributed by atoms with Gasteiger partial charge in [-0.25, -0.2) is 0 Å². The van der Waals surface area contributed by atoms with E-state index in [9.17, 15) is 10.1 Å². The molecule has 0 fully saturated rings. The van der Waals surface area contributed by atoms with Gasteiger partial charge >= 0.3 is 0 Å². The number of hydrogen-bond acceptors (Lipinski definition) is 3. The minimum Gasteiger partial charge on any atom is -0.258 e. The van der Waals surface area contributed by atoms with Gasteiger partial charge in [-0.15, -0.1) is 0 Å². The van der Waals surface area contributed by atoms with Crippen molar-refractivity contribution in [1.29, 1.82) is 0 Å². The molecule has 90 valence electrons. The highest BCUT2D eigenvalue weighted by molar-refractivity contribution is 6.33. The standard InChI is InChI=1S/C13H9ClN2O2/c14-12-8-11(16(17)18)6-7-13(12)15-9-10-4-2-1-3-5-10/h1-9H. The van der Waals surface area contributed by atoms with Gasteiger partial charge < -0.3 is 0 Å². The van der Waals surface area contributed by atoms with Crippen LogP contribution >= 0.6 is 11.6 Å². The summed E-state index contributed by atoms with van der Waals surface area (Å²) in [6, 6.07) is 13.7. The Morgan fingerprint density at radius 3 is 2.50 bits per heavy atom. The van der Waals surface area contributed by atoms with Gasteiger partial charge in [0.2, 0.25) is 0 Å². The summed E-state index contributed by atoms with van der Waals surface area (Å²) < 4.78 is 0. The van der Waals surface area contributed by atoms with Crippen molar-refractivity contribution in [2.24, 2.45) is 4.99 Å². The number of nitro groups is 1. The van der Waals surface area contributed by atoms with Gasteiger partial charge in [0.15, 0.2) is 0 Å². The first-order valence-electron chi connectivity index (χ1n) is 5.20. The van der Waals surface area contributed by atoms with Crippen molar-refractivity contribution >= 4 is 29.2 Å². The van der Waals surface area contributed by atoms with Gasteiger partial charge in [-0.1, -0.05) is 41.9 Å². The third kappa shape index (κ3) is 2.93. The highest BCUT2D eigenvalue weighted by atomic mass is 35.5. The van der Waals surface area contributed by atoms with E-state index in [0.29, 0.717) is 5.69 Å². The van der Waals surface area contributed by atoms with Gasteiger partial charge in [-0.05, 0) is 11.6 Å². The summed E-state index contributed by atoms with van der Waals surface area (Å²) in [6.07, 6.45) is 1.66. The molecule has 0 saturated carbocycles. The Bertz CT molecular complexity index is 597. The molecule has 18 heavy (non-hydrogen) atoms. The molecule has 0 aliphatic heterocycles. The van der Waals surface area contributed by atoms with Crippen molar-refractivity contribution in [2.45, 2.75) is 0 Å². The molecule has 4 nitrogen and oxygen atoms in total. The zero-order valence-electron chi connectivity index (χ0n) is 9.29. The second-order valence-electron chi connectivity index (χ2n) is 3.56. The minimum absolute atomic E-state index is 0.0429. The van der Waals surface area contributed by atoms with Crippen molar-refractivity contribution in [3.05, 3.63) is 69.2 Å². The lowest BCUT2D eigenvalue weighted by Crippen LogP contribution is -1.87. The van der Waals surface area contributed by atoms with E-state index in [1.165, 1.54) is 18.2 Å². The molecule has 0 N–H and O–H groups in total. The Morgan fingerprint density at radius 2 is 1.89 bits per heavy atom. The molecule has 0 aliphatic carbocycles. The molecular weight excluding hydrogens is 252 g/mol. The van der Waals surface area contributed by atoms with E-state index in [2.05, 4.69) is 4.99 Å². The van der Waals surface area contributed by atoms with Crippen LogP contribution in [0.4, 0.5) is 11.4 Å². The fourth-order valence-corrected chi connectivity index (χ4v) is 1.62. The van der Waals surface area contributed by atoms with Crippen molar-refractivity contribution in [1.82, 2.24) is 0 Å². The molecule has 0 unspecified atom stereocenters. The zero-order valence-corrected chi connectivity index (χ0v) is 10.0. The molecule has 0 aromatic heterocycles. The van der Waals surface area contributed by atoms with Crippen LogP contribution < -0.4 is 0 Å². The monoisotopic (exact) mass is 260 g/mol. The fraction of sp³-hybridized carbons (Fsp3) is 0. The van der Waals surface area contributed by atoms with E-state index < -0.39 is 4.92 Å². The third-order valence-corrected chi connectivity index (χ3v) is 2.60. The van der Waals surface area contributed by atoms with Gasteiger partial charge in [0.25, 0.3) is 5.69 Å². The van der Waals surface area contributed by atoms with Crippen LogP contribution in [0.1, 0.15) is 5.56 Å². The maximum atomic E-state index is 10.6. The van der Waals surface area contributed by atoms with E-state index in [1.54, 1.807) is 6.21 Å². The number of benzene rings is 2. The number of halogens is 1. The van der Waals surface area contributed by atoms with Crippen LogP contribution in [0.15, 0.2) is 53.5 Å². The summed E-state index contributed by atoms with van der Waals surface area (Å²) >= 11 is 5.92. The molecule has 0 heterocycles. The number of nitro benzene ring substituents is 1. The molecule has 0 atom stereocenters. The van der Waals surface area contributed by atoms with E-state index in [1.807, 2.05) is 30.3 Å². The van der Waals surface area contributed by atoms with Crippen LogP contribution in [0.5, 0.6) is 0 Å². The summed E-state index contributed by atoms with van der Waals surface area (Å²) in [5.74, 6) is 0. The lowest BCUT2D eigenvalue weighted by Gasteiger charge is -1.98. The van der Waals surface area contributed by atoms with E-state index in [4.69, 9.17) is 11.6 Å². The first-order chi connectivity index (χ1) is 8.66. The number of hydrogen-bond donors (Lipinski definition) is 0. The molecule has 0 aliphatic rings. The normalized spacial score (nSPS) is 10.7. The third-order valence-electron chi connectivity index (χ3n) is 2.29. The Labute approximate surface area is 109 Å². The molecule has 5 heteroatoms. The second kappa shape index (κ2) is 5.42. The largest absolute Gasteiger partial charge is 0.271 e. The average Bonchev–Trinajstić information content (AvgIpc) is 2.38. The quantitative estimate of drug-likeness (QED) is 0.476. The van der Waals surface area contributed by atoms with Gasteiger partial charge in [0.05, 0.1) is 15.6 Å². The summed E-state index contributed by atoms with van der Waals surface area (Å²) in [7, 11) is 0. The molecule has 0 amide bonds. The van der Waals surface area contributed by atoms with Crippen LogP contribution in [-0.4, -0.2) is 11.1 Å². The lowest BCUT2D eigenvalue weighted by atomic mass is 10.2. The Hall–Kier alpha value is -2.20. The lowest BCUT2D eigenvalue weighted by molar-refractivity contribution is -0.384.